The van der Waals surface area contributed by atoms with Gasteiger partial charge in [0.25, 0.3) is 15.9 Å². The van der Waals surface area contributed by atoms with Crippen LogP contribution in [0, 0.1) is 12.7 Å². The molecule has 2 N–H and O–H groups in total. The van der Waals surface area contributed by atoms with Gasteiger partial charge in [0.2, 0.25) is 0 Å². The second-order valence-corrected chi connectivity index (χ2v) is 7.97. The molecule has 3 aromatic rings. The number of anilines is 1. The van der Waals surface area contributed by atoms with Crippen LogP contribution in [-0.2, 0) is 10.0 Å². The summed E-state index contributed by atoms with van der Waals surface area (Å²) in [5, 5.41) is 2.77. The monoisotopic (exact) mass is 402 g/mol. The molecule has 0 spiro atoms. The molecule has 1 heterocycles. The minimum Gasteiger partial charge on any atom is -0.464 e. The molecule has 0 aliphatic heterocycles. The second-order valence-electron chi connectivity index (χ2n) is 6.28. The number of nitrogens with one attached hydrogen (secondary N) is 2. The number of carbonyl (C=O) groups is 1. The van der Waals surface area contributed by atoms with Crippen molar-refractivity contribution in [2.75, 3.05) is 4.72 Å². The first-order valence-corrected chi connectivity index (χ1v) is 9.98. The first kappa shape index (κ1) is 19.6. The van der Waals surface area contributed by atoms with Crippen molar-refractivity contribution < 1.29 is 22.0 Å². The lowest BCUT2D eigenvalue weighted by Gasteiger charge is -2.13. The quantitative estimate of drug-likeness (QED) is 0.652. The third-order valence-electron chi connectivity index (χ3n) is 4.04. The van der Waals surface area contributed by atoms with Crippen LogP contribution in [0.4, 0.5) is 10.1 Å². The highest BCUT2D eigenvalue weighted by molar-refractivity contribution is 7.92. The van der Waals surface area contributed by atoms with Gasteiger partial charge in [-0.05, 0) is 68.4 Å². The first-order chi connectivity index (χ1) is 13.2. The van der Waals surface area contributed by atoms with Gasteiger partial charge in [0.1, 0.15) is 17.3 Å². The molecule has 6 nitrogen and oxygen atoms in total. The Hall–Kier alpha value is -3.13. The Morgan fingerprint density at radius 3 is 2.43 bits per heavy atom. The zero-order valence-corrected chi connectivity index (χ0v) is 16.1. The van der Waals surface area contributed by atoms with Crippen molar-refractivity contribution in [3.63, 3.8) is 0 Å². The molecule has 146 valence electrons. The fraction of sp³-hybridized carbons (Fsp3) is 0.150. The van der Waals surface area contributed by atoms with Gasteiger partial charge < -0.3 is 9.73 Å². The highest BCUT2D eigenvalue weighted by Gasteiger charge is 2.18. The van der Waals surface area contributed by atoms with E-state index >= 15 is 0 Å². The van der Waals surface area contributed by atoms with Gasteiger partial charge in [-0.25, -0.2) is 12.8 Å². The summed E-state index contributed by atoms with van der Waals surface area (Å²) in [6.07, 6.45) is 0. The largest absolute Gasteiger partial charge is 0.464 e. The molecule has 0 saturated heterocycles. The maximum absolute atomic E-state index is 13.0. The topological polar surface area (TPSA) is 88.4 Å². The van der Waals surface area contributed by atoms with Gasteiger partial charge >= 0.3 is 0 Å². The number of hydrogen-bond acceptors (Lipinski definition) is 4. The lowest BCUT2D eigenvalue weighted by molar-refractivity contribution is 0.0935. The number of amides is 1. The van der Waals surface area contributed by atoms with Gasteiger partial charge in [-0.1, -0.05) is 6.07 Å². The summed E-state index contributed by atoms with van der Waals surface area (Å²) in [7, 11) is -3.93. The third kappa shape index (κ3) is 4.58. The Bertz CT molecular complexity index is 1090. The summed E-state index contributed by atoms with van der Waals surface area (Å²) in [5.41, 5.74) is 0.412. The minimum atomic E-state index is -3.93. The summed E-state index contributed by atoms with van der Waals surface area (Å²) >= 11 is 0. The number of hydrogen-bond donors (Lipinski definition) is 2. The average Bonchev–Trinajstić information content (AvgIpc) is 3.10. The fourth-order valence-corrected chi connectivity index (χ4v) is 3.68. The number of rotatable bonds is 6. The van der Waals surface area contributed by atoms with E-state index < -0.39 is 21.7 Å². The zero-order chi connectivity index (χ0) is 20.3. The molecule has 1 aromatic heterocycles. The van der Waals surface area contributed by atoms with E-state index in [9.17, 15) is 17.6 Å². The van der Waals surface area contributed by atoms with Gasteiger partial charge in [0, 0.05) is 11.3 Å². The molecule has 0 fully saturated rings. The Kier molecular flexibility index (Phi) is 5.51. The second kappa shape index (κ2) is 7.85. The molecular weight excluding hydrogens is 383 g/mol. The smallest absolute Gasteiger partial charge is 0.261 e. The number of halogens is 1. The zero-order valence-electron chi connectivity index (χ0n) is 15.3. The van der Waals surface area contributed by atoms with E-state index in [1.54, 1.807) is 26.0 Å². The number of carbonyl (C=O) groups excluding carboxylic acids is 1. The summed E-state index contributed by atoms with van der Waals surface area (Å²) in [6.45, 7) is 3.58. The van der Waals surface area contributed by atoms with Gasteiger partial charge in [-0.2, -0.15) is 0 Å². The molecule has 1 amide bonds. The van der Waals surface area contributed by atoms with Crippen LogP contribution in [0.15, 0.2) is 70.0 Å². The van der Waals surface area contributed by atoms with E-state index in [2.05, 4.69) is 10.0 Å². The molecule has 0 aliphatic carbocycles. The number of furan rings is 1. The molecule has 0 radical (unpaired) electrons. The van der Waals surface area contributed by atoms with Gasteiger partial charge in [0.05, 0.1) is 10.9 Å². The van der Waals surface area contributed by atoms with Gasteiger partial charge in [-0.3, -0.25) is 9.52 Å². The van der Waals surface area contributed by atoms with Crippen LogP contribution in [0.5, 0.6) is 0 Å². The van der Waals surface area contributed by atoms with Crippen molar-refractivity contribution in [2.24, 2.45) is 0 Å². The van der Waals surface area contributed by atoms with E-state index in [0.717, 1.165) is 17.9 Å². The maximum Gasteiger partial charge on any atom is 0.261 e. The summed E-state index contributed by atoms with van der Waals surface area (Å²) < 4.78 is 45.9. The van der Waals surface area contributed by atoms with Crippen LogP contribution in [-0.4, -0.2) is 14.3 Å². The normalized spacial score (nSPS) is 12.4. The molecule has 0 aliphatic rings. The van der Waals surface area contributed by atoms with Crippen molar-refractivity contribution >= 4 is 21.6 Å². The van der Waals surface area contributed by atoms with Crippen LogP contribution >= 0.6 is 0 Å². The van der Waals surface area contributed by atoms with Crippen LogP contribution in [0.1, 0.15) is 34.8 Å². The summed E-state index contributed by atoms with van der Waals surface area (Å²) in [5.74, 6) is 0.437. The molecule has 3 rings (SSSR count). The number of sulfonamides is 1. The lowest BCUT2D eigenvalue weighted by atomic mass is 10.2. The molecule has 28 heavy (non-hydrogen) atoms. The highest BCUT2D eigenvalue weighted by Crippen LogP contribution is 2.19. The highest BCUT2D eigenvalue weighted by atomic mass is 32.2. The van der Waals surface area contributed by atoms with E-state index in [4.69, 9.17) is 4.42 Å². The lowest BCUT2D eigenvalue weighted by Crippen LogP contribution is -2.26. The van der Waals surface area contributed by atoms with Crippen molar-refractivity contribution in [1.82, 2.24) is 5.32 Å². The molecule has 1 atom stereocenters. The Labute approximate surface area is 162 Å². The molecular formula is C20H19FN2O4S. The van der Waals surface area contributed by atoms with Crippen LogP contribution < -0.4 is 10.0 Å². The van der Waals surface area contributed by atoms with Gasteiger partial charge in [0.15, 0.2) is 0 Å². The molecule has 1 unspecified atom stereocenters. The van der Waals surface area contributed by atoms with E-state index in [0.29, 0.717) is 5.76 Å². The molecule has 0 bridgehead atoms. The number of benzene rings is 2. The Balaban J connectivity index is 1.77. The van der Waals surface area contributed by atoms with Crippen molar-refractivity contribution in [2.45, 2.75) is 24.8 Å². The predicted octanol–water partition coefficient (Wildman–Crippen LogP) is 4.02. The predicted molar refractivity (Wildman–Crippen MR) is 103 cm³/mol. The maximum atomic E-state index is 13.0. The van der Waals surface area contributed by atoms with Gasteiger partial charge in [-0.15, -0.1) is 0 Å². The SMILES string of the molecule is Cc1ccc(C(C)NC(=O)c2cccc(S(=O)(=O)Nc3ccc(F)cc3)c2)o1. The first-order valence-electron chi connectivity index (χ1n) is 8.50. The van der Waals surface area contributed by atoms with Crippen LogP contribution in [0.25, 0.3) is 0 Å². The summed E-state index contributed by atoms with van der Waals surface area (Å²) in [6, 6.07) is 13.8. The third-order valence-corrected chi connectivity index (χ3v) is 5.42. The van der Waals surface area contributed by atoms with Crippen molar-refractivity contribution in [3.8, 4) is 0 Å². The summed E-state index contributed by atoms with van der Waals surface area (Å²) in [4.78, 5) is 12.4. The Morgan fingerprint density at radius 2 is 1.79 bits per heavy atom. The average molecular weight is 402 g/mol. The van der Waals surface area contributed by atoms with E-state index in [-0.39, 0.29) is 22.2 Å². The standard InChI is InChI=1S/C20H19FN2O4S/c1-13-6-11-19(27-13)14(2)22-20(24)15-4-3-5-18(12-15)28(25,26)23-17-9-7-16(21)8-10-17/h3-12,14,23H,1-2H3,(H,22,24). The van der Waals surface area contributed by atoms with Crippen LogP contribution in [0.2, 0.25) is 0 Å². The fourth-order valence-electron chi connectivity index (χ4n) is 2.57. The molecule has 0 saturated carbocycles. The molecule has 2 aromatic carbocycles. The Morgan fingerprint density at radius 1 is 1.07 bits per heavy atom. The van der Waals surface area contributed by atoms with Crippen LogP contribution in [0.3, 0.4) is 0 Å². The van der Waals surface area contributed by atoms with Crippen molar-refractivity contribution in [3.05, 3.63) is 83.6 Å². The van der Waals surface area contributed by atoms with Crippen molar-refractivity contribution in [1.29, 1.82) is 0 Å². The van der Waals surface area contributed by atoms with E-state index in [1.807, 2.05) is 0 Å². The van der Waals surface area contributed by atoms with E-state index in [1.165, 1.54) is 36.4 Å². The minimum absolute atomic E-state index is 0.0778. The molecule has 8 heteroatoms. The number of aryl methyl sites for hydroxylation is 1.